The normalized spacial score (nSPS) is 15.5. The van der Waals surface area contributed by atoms with Gasteiger partial charge in [0, 0.05) is 13.1 Å². The molecule has 75 heavy (non-hydrogen) atoms. The Morgan fingerprint density at radius 2 is 0.773 bits per heavy atom. The summed E-state index contributed by atoms with van der Waals surface area (Å²) in [6.45, 7) is 7.66. The number of nitrogens with two attached hydrogens (primary N) is 5. The number of hydrogen-bond donors (Lipinski definition) is 19. The van der Waals surface area contributed by atoms with Gasteiger partial charge in [0.2, 0.25) is 47.3 Å². The van der Waals surface area contributed by atoms with Crippen molar-refractivity contribution >= 4 is 77.1 Å². The second-order valence-corrected chi connectivity index (χ2v) is 18.3. The van der Waals surface area contributed by atoms with E-state index in [9.17, 15) is 83.4 Å². The first kappa shape index (κ1) is 67.5. The van der Waals surface area contributed by atoms with Gasteiger partial charge in [-0.1, -0.05) is 27.7 Å². The number of carboxylic acid groups (broad SMARTS) is 3. The fourth-order valence-corrected chi connectivity index (χ4v) is 6.72. The van der Waals surface area contributed by atoms with Crippen LogP contribution in [-0.4, -0.2) is 194 Å². The minimum absolute atomic E-state index is 0.0216. The highest BCUT2D eigenvalue weighted by Crippen LogP contribution is 2.11. The quantitative estimate of drug-likeness (QED) is 0.0157. The van der Waals surface area contributed by atoms with Gasteiger partial charge in [0.05, 0.1) is 37.7 Å². The molecule has 0 heterocycles. The first-order valence-corrected chi connectivity index (χ1v) is 23.7. The molecule has 32 nitrogen and oxygen atoms in total. The van der Waals surface area contributed by atoms with Crippen LogP contribution in [0.5, 0.6) is 0 Å². The first-order chi connectivity index (χ1) is 34.8. The Morgan fingerprint density at radius 3 is 1.15 bits per heavy atom. The average molecular weight is 1080 g/mol. The van der Waals surface area contributed by atoms with Gasteiger partial charge in [-0.25, -0.2) is 4.79 Å². The van der Waals surface area contributed by atoms with E-state index in [4.69, 9.17) is 28.7 Å². The van der Waals surface area contributed by atoms with Crippen molar-refractivity contribution in [3.05, 3.63) is 0 Å². The summed E-state index contributed by atoms with van der Waals surface area (Å²) in [4.78, 5) is 151. The fraction of sp³-hybridized carbons (Fsp3) is 0.698. The van der Waals surface area contributed by atoms with Gasteiger partial charge >= 0.3 is 17.9 Å². The van der Waals surface area contributed by atoms with Gasteiger partial charge in [-0.2, -0.15) is 0 Å². The molecule has 0 unspecified atom stereocenters. The van der Waals surface area contributed by atoms with E-state index in [-0.39, 0.29) is 69.5 Å². The number of carboxylic acids is 3. The molecule has 0 aromatic carbocycles. The highest BCUT2D eigenvalue weighted by atomic mass is 16.4. The summed E-state index contributed by atoms with van der Waals surface area (Å²) in [7, 11) is 0. The predicted molar refractivity (Wildman–Crippen MR) is 265 cm³/mol. The molecule has 0 fully saturated rings. The molecule has 24 N–H and O–H groups in total. The summed E-state index contributed by atoms with van der Waals surface area (Å²) in [6.07, 6.45) is -5.61. The zero-order chi connectivity index (χ0) is 57.9. The monoisotopic (exact) mass is 1080 g/mol. The summed E-state index contributed by atoms with van der Waals surface area (Å²) in [5, 5.41) is 77.1. The molecule has 0 saturated carbocycles. The third kappa shape index (κ3) is 27.4. The summed E-state index contributed by atoms with van der Waals surface area (Å²) in [5.74, 6) is -15.3. The summed E-state index contributed by atoms with van der Waals surface area (Å²) in [5.41, 5.74) is 27.2. The van der Waals surface area contributed by atoms with E-state index in [1.807, 2.05) is 0 Å². The van der Waals surface area contributed by atoms with Crippen LogP contribution in [0, 0.1) is 11.8 Å². The number of nitrogens with zero attached hydrogens (tertiary/aromatic N) is 2. The fourth-order valence-electron chi connectivity index (χ4n) is 6.72. The molecule has 0 bridgehead atoms. The van der Waals surface area contributed by atoms with Gasteiger partial charge in [-0.3, -0.25) is 57.9 Å². The molecule has 426 valence electrons. The van der Waals surface area contributed by atoms with Crippen molar-refractivity contribution in [2.75, 3.05) is 19.7 Å². The molecular weight excluding hydrogens is 999 g/mol. The Bertz CT molecular complexity index is 2030. The number of amides is 8. The molecule has 0 spiro atoms. The van der Waals surface area contributed by atoms with Gasteiger partial charge in [0.15, 0.2) is 18.0 Å². The van der Waals surface area contributed by atoms with Crippen LogP contribution in [-0.2, 0) is 52.7 Å². The van der Waals surface area contributed by atoms with Crippen molar-refractivity contribution < 1.29 is 83.4 Å². The van der Waals surface area contributed by atoms with Gasteiger partial charge in [-0.15, -0.1) is 0 Å². The molecule has 8 amide bonds. The number of nitrogens with one attached hydrogen (secondary N) is 8. The second-order valence-electron chi connectivity index (χ2n) is 18.3. The molecule has 32 heteroatoms. The van der Waals surface area contributed by atoms with Crippen LogP contribution < -0.4 is 71.2 Å². The number of aliphatic imine (C=N–C) groups is 2. The number of hydrogen-bond acceptors (Lipinski definition) is 17. The number of carbonyl (C=O) groups is 11. The molecule has 0 aromatic heterocycles. The lowest BCUT2D eigenvalue weighted by atomic mass is 10.0. The Balaban J connectivity index is 6.50. The standard InChI is InChI=1S/C43H77N15O17/c1-18(2)13-24(35(68)51-23(10-8-12-50-43(47)48)34(67)58-32(21(6)61)41(74)75)53-39(72)28(17-59)56-38(71)26(15-29(62)63)54-36(69)25(14-19(3)4)52-37(70)27(16-30(64)65)55-40(73)31(20(5)60)57-33(66)22(44)9-7-11-49-42(45)46/h18-28,31-32,59-61H,7-17,44H2,1-6H3,(H,51,68)(H,52,70)(H,53,72)(H,54,69)(H,55,73)(H,56,71)(H,57,66)(H,58,67)(H,62,63)(H,64,65)(H,74,75)(H4,45,46,49)(H4,47,48,50)/t20-,21-,22+,23+,24+,25+,26+,27+,28+,31+,32+/m1/s1. The number of rotatable bonds is 36. The lowest BCUT2D eigenvalue weighted by Crippen LogP contribution is -2.62. The average Bonchev–Trinajstić information content (AvgIpc) is 3.28. The lowest BCUT2D eigenvalue weighted by molar-refractivity contribution is -0.145. The predicted octanol–water partition coefficient (Wildman–Crippen LogP) is -7.82. The van der Waals surface area contributed by atoms with E-state index in [0.29, 0.717) is 0 Å². The van der Waals surface area contributed by atoms with E-state index in [2.05, 4.69) is 52.5 Å². The van der Waals surface area contributed by atoms with Crippen LogP contribution in [0.2, 0.25) is 0 Å². The number of carbonyl (C=O) groups excluding carboxylic acids is 8. The van der Waals surface area contributed by atoms with Crippen LogP contribution in [0.4, 0.5) is 0 Å². The van der Waals surface area contributed by atoms with Crippen molar-refractivity contribution in [1.29, 1.82) is 0 Å². The number of aliphatic carboxylic acids is 3. The largest absolute Gasteiger partial charge is 0.481 e. The third-order valence-electron chi connectivity index (χ3n) is 10.5. The second kappa shape index (κ2) is 34.1. The number of guanidine groups is 2. The zero-order valence-electron chi connectivity index (χ0n) is 42.7. The van der Waals surface area contributed by atoms with E-state index < -0.39 is 157 Å². The number of aliphatic hydroxyl groups is 3. The van der Waals surface area contributed by atoms with E-state index in [0.717, 1.165) is 13.8 Å². The van der Waals surface area contributed by atoms with Crippen LogP contribution in [0.3, 0.4) is 0 Å². The van der Waals surface area contributed by atoms with Crippen molar-refractivity contribution in [3.63, 3.8) is 0 Å². The maximum atomic E-state index is 13.8. The molecule has 0 aliphatic rings. The van der Waals surface area contributed by atoms with Crippen molar-refractivity contribution in [2.24, 2.45) is 50.5 Å². The molecule has 11 atom stereocenters. The SMILES string of the molecule is CC(C)C[C@H](NC(=O)[C@H](CO)NC(=O)[C@H](CC(=O)O)NC(=O)[C@H](CC(C)C)NC(=O)[C@H](CC(=O)O)NC(=O)[C@@H](NC(=O)[C@@H](N)CCCN=C(N)N)[C@@H](C)O)C(=O)N[C@@H](CCCN=C(N)N)C(=O)N[C@H](C(=O)O)[C@@H](C)O. The topological polar surface area (TPSA) is 560 Å². The maximum Gasteiger partial charge on any atom is 0.328 e. The van der Waals surface area contributed by atoms with Crippen molar-refractivity contribution in [3.8, 4) is 0 Å². The minimum Gasteiger partial charge on any atom is -0.481 e. The van der Waals surface area contributed by atoms with Gasteiger partial charge in [-0.05, 0) is 64.2 Å². The third-order valence-corrected chi connectivity index (χ3v) is 10.5. The van der Waals surface area contributed by atoms with E-state index >= 15 is 0 Å². The zero-order valence-corrected chi connectivity index (χ0v) is 42.7. The maximum absolute atomic E-state index is 13.8. The van der Waals surface area contributed by atoms with Crippen LogP contribution in [0.15, 0.2) is 9.98 Å². The summed E-state index contributed by atoms with van der Waals surface area (Å²) in [6, 6.07) is -15.3. The molecular formula is C43H77N15O17. The van der Waals surface area contributed by atoms with Gasteiger partial charge < -0.3 is 102 Å². The molecule has 0 aliphatic carbocycles. The minimum atomic E-state index is -2.03. The van der Waals surface area contributed by atoms with E-state index in [1.165, 1.54) is 0 Å². The Labute approximate surface area is 431 Å². The Hall–Kier alpha value is -7.45. The molecule has 0 saturated heterocycles. The molecule has 0 rings (SSSR count). The smallest absolute Gasteiger partial charge is 0.328 e. The highest BCUT2D eigenvalue weighted by Gasteiger charge is 2.37. The molecule has 0 aromatic rings. The highest BCUT2D eigenvalue weighted by molar-refractivity contribution is 5.99. The van der Waals surface area contributed by atoms with Gasteiger partial charge in [0.1, 0.15) is 42.3 Å². The van der Waals surface area contributed by atoms with E-state index in [1.54, 1.807) is 27.7 Å². The Kier molecular flexibility index (Phi) is 30.7. The molecule has 0 radical (unpaired) electrons. The van der Waals surface area contributed by atoms with Crippen LogP contribution >= 0.6 is 0 Å². The molecule has 0 aliphatic heterocycles. The number of aliphatic hydroxyl groups excluding tert-OH is 3. The van der Waals surface area contributed by atoms with Gasteiger partial charge in [0.25, 0.3) is 0 Å². The summed E-state index contributed by atoms with van der Waals surface area (Å²) >= 11 is 0. The Morgan fingerprint density at radius 1 is 0.440 bits per heavy atom. The lowest BCUT2D eigenvalue weighted by Gasteiger charge is -2.28. The van der Waals surface area contributed by atoms with Crippen molar-refractivity contribution in [2.45, 2.75) is 159 Å². The summed E-state index contributed by atoms with van der Waals surface area (Å²) < 4.78 is 0. The first-order valence-electron chi connectivity index (χ1n) is 23.7. The van der Waals surface area contributed by atoms with Crippen LogP contribution in [0.25, 0.3) is 0 Å². The van der Waals surface area contributed by atoms with Crippen molar-refractivity contribution in [1.82, 2.24) is 42.5 Å². The van der Waals surface area contributed by atoms with Crippen LogP contribution in [0.1, 0.15) is 92.9 Å².